The van der Waals surface area contributed by atoms with E-state index in [1.165, 1.54) is 0 Å². The van der Waals surface area contributed by atoms with Crippen LogP contribution in [0.5, 0.6) is 0 Å². The van der Waals surface area contributed by atoms with Crippen molar-refractivity contribution >= 4 is 22.8 Å². The Morgan fingerprint density at radius 3 is 2.51 bits per heavy atom. The highest BCUT2D eigenvalue weighted by Crippen LogP contribution is 2.25. The van der Waals surface area contributed by atoms with Crippen LogP contribution in [0.4, 0.5) is 5.95 Å². The zero-order valence-corrected chi connectivity index (χ0v) is 22.1. The number of hydrogen-bond acceptors (Lipinski definition) is 6. The molecule has 3 aromatic heterocycles. The second kappa shape index (κ2) is 9.80. The minimum Gasteiger partial charge on any atom is -0.337 e. The van der Waals surface area contributed by atoms with Crippen molar-refractivity contribution in [3.63, 3.8) is 0 Å². The number of aryl methyl sites for hydroxylation is 2. The first-order valence-electron chi connectivity index (χ1n) is 12.8. The van der Waals surface area contributed by atoms with E-state index in [0.717, 1.165) is 40.0 Å². The predicted molar refractivity (Wildman–Crippen MR) is 145 cm³/mol. The van der Waals surface area contributed by atoms with Crippen LogP contribution >= 0.6 is 0 Å². The fourth-order valence-corrected chi connectivity index (χ4v) is 5.10. The fraction of sp³-hybridized carbons (Fsp3) is 0.393. The van der Waals surface area contributed by atoms with Crippen molar-refractivity contribution in [1.82, 2.24) is 29.2 Å². The van der Waals surface area contributed by atoms with Crippen LogP contribution in [0.3, 0.4) is 0 Å². The number of nitrogens with zero attached hydrogens (tertiary/aromatic N) is 7. The quantitative estimate of drug-likeness (QED) is 0.419. The average molecular weight is 500 g/mol. The Kier molecular flexibility index (Phi) is 6.54. The number of pyridine rings is 1. The van der Waals surface area contributed by atoms with Gasteiger partial charge in [-0.3, -0.25) is 23.9 Å². The normalized spacial score (nSPS) is 16.0. The van der Waals surface area contributed by atoms with E-state index in [9.17, 15) is 9.59 Å². The summed E-state index contributed by atoms with van der Waals surface area (Å²) in [5.74, 6) is 0.760. The molecule has 0 radical (unpaired) electrons. The monoisotopic (exact) mass is 499 g/mol. The lowest BCUT2D eigenvalue weighted by atomic mass is 10.1. The van der Waals surface area contributed by atoms with Gasteiger partial charge in [-0.25, -0.2) is 9.97 Å². The number of fused-ring (bicyclic) bond motifs is 1. The van der Waals surface area contributed by atoms with Crippen molar-refractivity contribution in [3.8, 4) is 11.1 Å². The number of carbonyl (C=O) groups is 1. The molecule has 0 spiro atoms. The molecule has 4 aromatic rings. The van der Waals surface area contributed by atoms with Crippen molar-refractivity contribution in [3.05, 3.63) is 70.0 Å². The minimum absolute atomic E-state index is 0.0312. The van der Waals surface area contributed by atoms with E-state index in [2.05, 4.69) is 40.8 Å². The molecule has 0 saturated carbocycles. The van der Waals surface area contributed by atoms with Crippen molar-refractivity contribution in [2.75, 3.05) is 24.5 Å². The van der Waals surface area contributed by atoms with Crippen LogP contribution < -0.4 is 10.5 Å². The van der Waals surface area contributed by atoms with Gasteiger partial charge in [0.05, 0.1) is 23.1 Å². The molecule has 1 atom stereocenters. The fourth-order valence-electron chi connectivity index (χ4n) is 5.10. The summed E-state index contributed by atoms with van der Waals surface area (Å²) in [6, 6.07) is 10.1. The van der Waals surface area contributed by atoms with Gasteiger partial charge in [0.15, 0.2) is 0 Å². The van der Waals surface area contributed by atoms with Gasteiger partial charge in [-0.05, 0) is 49.6 Å². The van der Waals surface area contributed by atoms with Gasteiger partial charge in [0, 0.05) is 63.3 Å². The van der Waals surface area contributed by atoms with E-state index in [0.29, 0.717) is 37.5 Å². The number of carbonyl (C=O) groups excluding carboxylic acids is 1. The molecule has 37 heavy (non-hydrogen) atoms. The summed E-state index contributed by atoms with van der Waals surface area (Å²) in [7, 11) is 1.80. The van der Waals surface area contributed by atoms with E-state index in [-0.39, 0.29) is 17.5 Å². The van der Waals surface area contributed by atoms with Crippen LogP contribution in [0.1, 0.15) is 37.7 Å². The molecular formula is C28H33N7O2. The number of rotatable bonds is 5. The number of amides is 1. The molecular weight excluding hydrogens is 466 g/mol. The lowest BCUT2D eigenvalue weighted by molar-refractivity contribution is -0.131. The minimum atomic E-state index is -0.0312. The van der Waals surface area contributed by atoms with Gasteiger partial charge in [-0.2, -0.15) is 0 Å². The smallest absolute Gasteiger partial charge is 0.274 e. The summed E-state index contributed by atoms with van der Waals surface area (Å²) in [4.78, 5) is 42.8. The first-order valence-corrected chi connectivity index (χ1v) is 12.8. The topological polar surface area (TPSA) is 89.2 Å². The van der Waals surface area contributed by atoms with Crippen LogP contribution in [-0.2, 0) is 24.8 Å². The van der Waals surface area contributed by atoms with Crippen molar-refractivity contribution in [2.45, 2.75) is 46.7 Å². The summed E-state index contributed by atoms with van der Waals surface area (Å²) in [6.45, 7) is 10.4. The Morgan fingerprint density at radius 2 is 1.84 bits per heavy atom. The molecule has 4 heterocycles. The van der Waals surface area contributed by atoms with Gasteiger partial charge in [-0.15, -0.1) is 0 Å². The molecule has 1 fully saturated rings. The Bertz CT molecular complexity index is 1520. The second-order valence-electron chi connectivity index (χ2n) is 9.82. The van der Waals surface area contributed by atoms with Gasteiger partial charge >= 0.3 is 0 Å². The molecule has 9 nitrogen and oxygen atoms in total. The maximum atomic E-state index is 13.0. The zero-order valence-electron chi connectivity index (χ0n) is 22.1. The van der Waals surface area contributed by atoms with Gasteiger partial charge in [0.1, 0.15) is 0 Å². The number of piperazine rings is 1. The SMILES string of the molecule is CCc1ccc(C)c(Cn2c3cc(-c4cnc(N5CCN(C(C)=O)[C@H](C)C5)nc4)ccc3c(=O)n2C)n1. The largest absolute Gasteiger partial charge is 0.337 e. The number of anilines is 1. The van der Waals surface area contributed by atoms with E-state index in [1.54, 1.807) is 18.7 Å². The van der Waals surface area contributed by atoms with Crippen LogP contribution in [-0.4, -0.2) is 60.8 Å². The van der Waals surface area contributed by atoms with Gasteiger partial charge in [0.25, 0.3) is 5.56 Å². The Balaban J connectivity index is 1.45. The molecule has 0 N–H and O–H groups in total. The van der Waals surface area contributed by atoms with Crippen LogP contribution in [0.2, 0.25) is 0 Å². The molecule has 1 aromatic carbocycles. The second-order valence-corrected chi connectivity index (χ2v) is 9.82. The summed E-state index contributed by atoms with van der Waals surface area (Å²) in [5.41, 5.74) is 5.75. The first kappa shape index (κ1) is 24.7. The highest BCUT2D eigenvalue weighted by Gasteiger charge is 2.26. The maximum Gasteiger partial charge on any atom is 0.274 e. The molecule has 1 amide bonds. The molecule has 1 aliphatic heterocycles. The van der Waals surface area contributed by atoms with Crippen LogP contribution in [0.25, 0.3) is 22.0 Å². The Labute approximate surface area is 216 Å². The highest BCUT2D eigenvalue weighted by atomic mass is 16.2. The lowest BCUT2D eigenvalue weighted by Gasteiger charge is -2.39. The summed E-state index contributed by atoms with van der Waals surface area (Å²) in [5, 5.41) is 0.672. The van der Waals surface area contributed by atoms with E-state index in [4.69, 9.17) is 4.98 Å². The molecule has 1 saturated heterocycles. The summed E-state index contributed by atoms with van der Waals surface area (Å²) < 4.78 is 3.65. The third-order valence-electron chi connectivity index (χ3n) is 7.37. The third-order valence-corrected chi connectivity index (χ3v) is 7.37. The number of hydrogen-bond donors (Lipinski definition) is 0. The molecule has 1 aliphatic rings. The standard InChI is InChI=1S/C28H33N7O2/c1-6-23-9-7-18(2)25(31-23)17-35-26-13-21(8-10-24(26)27(37)32(35)5)22-14-29-28(30-15-22)33-11-12-34(20(4)36)19(3)16-33/h7-10,13-15,19H,6,11-12,16-17H2,1-5H3/t19-/m1/s1. The number of benzene rings is 1. The Hall–Kier alpha value is -4.01. The van der Waals surface area contributed by atoms with Crippen LogP contribution in [0.15, 0.2) is 47.5 Å². The molecule has 192 valence electrons. The third kappa shape index (κ3) is 4.61. The van der Waals surface area contributed by atoms with Crippen molar-refractivity contribution < 1.29 is 4.79 Å². The first-order chi connectivity index (χ1) is 17.8. The molecule has 0 aliphatic carbocycles. The predicted octanol–water partition coefficient (Wildman–Crippen LogP) is 3.17. The van der Waals surface area contributed by atoms with Gasteiger partial charge < -0.3 is 9.80 Å². The van der Waals surface area contributed by atoms with Gasteiger partial charge in [-0.1, -0.05) is 19.1 Å². The van der Waals surface area contributed by atoms with E-state index in [1.807, 2.05) is 47.1 Å². The molecule has 9 heteroatoms. The molecule has 5 rings (SSSR count). The highest BCUT2D eigenvalue weighted by molar-refractivity contribution is 5.84. The average Bonchev–Trinajstić information content (AvgIpc) is 3.14. The van der Waals surface area contributed by atoms with Crippen molar-refractivity contribution in [2.24, 2.45) is 7.05 Å². The van der Waals surface area contributed by atoms with Gasteiger partial charge in [0.2, 0.25) is 11.9 Å². The molecule has 0 bridgehead atoms. The zero-order chi connectivity index (χ0) is 26.3. The summed E-state index contributed by atoms with van der Waals surface area (Å²) in [6.07, 6.45) is 4.52. The maximum absolute atomic E-state index is 13.0. The van der Waals surface area contributed by atoms with E-state index < -0.39 is 0 Å². The Morgan fingerprint density at radius 1 is 1.08 bits per heavy atom. The van der Waals surface area contributed by atoms with Crippen LogP contribution in [0, 0.1) is 6.92 Å². The molecule has 0 unspecified atom stereocenters. The van der Waals surface area contributed by atoms with Crippen molar-refractivity contribution in [1.29, 1.82) is 0 Å². The summed E-state index contributed by atoms with van der Waals surface area (Å²) >= 11 is 0. The van der Waals surface area contributed by atoms with E-state index >= 15 is 0 Å². The lowest BCUT2D eigenvalue weighted by Crippen LogP contribution is -2.53. The number of aromatic nitrogens is 5.